The van der Waals surface area contributed by atoms with Crippen LogP contribution >= 0.6 is 0 Å². The van der Waals surface area contributed by atoms with Gasteiger partial charge in [-0.2, -0.15) is 0 Å². The Morgan fingerprint density at radius 1 is 0.833 bits per heavy atom. The average Bonchev–Trinajstić information content (AvgIpc) is 2.76. The van der Waals surface area contributed by atoms with Gasteiger partial charge in [0.2, 0.25) is 0 Å². The molecule has 0 fully saturated rings. The monoisotopic (exact) mass is 401 g/mol. The Morgan fingerprint density at radius 2 is 1.57 bits per heavy atom. The Bertz CT molecular complexity index is 934. The first-order valence-electron chi connectivity index (χ1n) is 10.8. The second kappa shape index (κ2) is 11.2. The number of carbonyl (C=O) groups is 1. The maximum atomic E-state index is 12.7. The normalized spacial score (nSPS) is 10.8. The van der Waals surface area contributed by atoms with E-state index in [9.17, 15) is 4.79 Å². The van der Waals surface area contributed by atoms with Crippen LogP contribution in [0.1, 0.15) is 47.3 Å². The predicted octanol–water partition coefficient (Wildman–Crippen LogP) is 5.62. The molecule has 0 aliphatic carbocycles. The molecule has 0 aromatic heterocycles. The summed E-state index contributed by atoms with van der Waals surface area (Å²) in [6.45, 7) is 4.71. The summed E-state index contributed by atoms with van der Waals surface area (Å²) < 4.78 is 5.76. The molecule has 1 N–H and O–H groups in total. The van der Waals surface area contributed by atoms with Gasteiger partial charge in [-0.25, -0.2) is 0 Å². The molecule has 0 radical (unpaired) electrons. The summed E-state index contributed by atoms with van der Waals surface area (Å²) in [5.41, 5.74) is 4.39. The largest absolute Gasteiger partial charge is 0.491 e. The Labute approximate surface area is 180 Å². The van der Waals surface area contributed by atoms with Crippen molar-refractivity contribution in [2.45, 2.75) is 45.6 Å². The lowest BCUT2D eigenvalue weighted by Gasteiger charge is -2.12. The zero-order valence-corrected chi connectivity index (χ0v) is 17.9. The molecule has 1 amide bonds. The summed E-state index contributed by atoms with van der Waals surface area (Å²) in [6.07, 6.45) is 3.76. The van der Waals surface area contributed by atoms with Crippen molar-refractivity contribution in [1.82, 2.24) is 5.32 Å². The minimum absolute atomic E-state index is 0.00977. The number of hydrogen-bond acceptors (Lipinski definition) is 2. The fraction of sp³-hybridized carbons (Fsp3) is 0.296. The molecular weight excluding hydrogens is 370 g/mol. The summed E-state index contributed by atoms with van der Waals surface area (Å²) in [7, 11) is 0. The summed E-state index contributed by atoms with van der Waals surface area (Å²) >= 11 is 0. The molecule has 0 aliphatic heterocycles. The molecule has 0 saturated heterocycles. The fourth-order valence-corrected chi connectivity index (χ4v) is 3.52. The first-order chi connectivity index (χ1) is 14.6. The smallest absolute Gasteiger partial charge is 0.251 e. The number of aryl methyl sites for hydroxylation is 3. The van der Waals surface area contributed by atoms with Gasteiger partial charge >= 0.3 is 0 Å². The number of nitrogens with one attached hydrogen (secondary N) is 1. The van der Waals surface area contributed by atoms with Crippen LogP contribution in [0.5, 0.6) is 5.75 Å². The third kappa shape index (κ3) is 6.77. The van der Waals surface area contributed by atoms with E-state index in [0.29, 0.717) is 6.54 Å². The van der Waals surface area contributed by atoms with Crippen molar-refractivity contribution in [2.75, 3.05) is 6.54 Å². The summed E-state index contributed by atoms with van der Waals surface area (Å²) in [5, 5.41) is 3.08. The van der Waals surface area contributed by atoms with E-state index in [1.165, 1.54) is 11.1 Å². The van der Waals surface area contributed by atoms with Gasteiger partial charge in [0.1, 0.15) is 5.75 Å². The lowest BCUT2D eigenvalue weighted by molar-refractivity contribution is 0.0952. The van der Waals surface area contributed by atoms with Gasteiger partial charge in [0, 0.05) is 12.1 Å². The van der Waals surface area contributed by atoms with Crippen LogP contribution in [0.25, 0.3) is 0 Å². The van der Waals surface area contributed by atoms with E-state index in [0.717, 1.165) is 42.6 Å². The molecule has 30 heavy (non-hydrogen) atoms. The van der Waals surface area contributed by atoms with Gasteiger partial charge in [0.25, 0.3) is 5.91 Å². The fourth-order valence-electron chi connectivity index (χ4n) is 3.52. The molecule has 0 saturated carbocycles. The van der Waals surface area contributed by atoms with Gasteiger partial charge in [-0.05, 0) is 74.4 Å². The van der Waals surface area contributed by atoms with Gasteiger partial charge in [-0.15, -0.1) is 0 Å². The number of benzene rings is 3. The topological polar surface area (TPSA) is 38.3 Å². The minimum atomic E-state index is 0.00977. The minimum Gasteiger partial charge on any atom is -0.491 e. The molecule has 0 unspecified atom stereocenters. The highest BCUT2D eigenvalue weighted by Crippen LogP contribution is 2.16. The molecule has 156 valence electrons. The summed E-state index contributed by atoms with van der Waals surface area (Å²) in [4.78, 5) is 12.7. The standard InChI is InChI=1S/C27H31NO2/c1-21(2)30-25-15-8-12-23(20-25)13-9-19-28-27(29)26-16-7-6-14-24(26)18-17-22-10-4-3-5-11-22/h3-8,10-12,14-16,20-21H,9,13,17-19H2,1-2H3,(H,28,29). The molecule has 0 bridgehead atoms. The van der Waals surface area contributed by atoms with Crippen LogP contribution in [0.4, 0.5) is 0 Å². The summed E-state index contributed by atoms with van der Waals surface area (Å²) in [6, 6.07) is 26.5. The Hall–Kier alpha value is -3.07. The van der Waals surface area contributed by atoms with Crippen molar-refractivity contribution >= 4 is 5.91 Å². The molecule has 0 aliphatic rings. The van der Waals surface area contributed by atoms with Gasteiger partial charge in [-0.1, -0.05) is 60.7 Å². The molecule has 3 heteroatoms. The SMILES string of the molecule is CC(C)Oc1cccc(CCCNC(=O)c2ccccc2CCc2ccccc2)c1. The first kappa shape index (κ1) is 21.6. The third-order valence-electron chi connectivity index (χ3n) is 4.99. The van der Waals surface area contributed by atoms with Crippen LogP contribution in [0.3, 0.4) is 0 Å². The van der Waals surface area contributed by atoms with Crippen molar-refractivity contribution in [2.24, 2.45) is 0 Å². The van der Waals surface area contributed by atoms with Crippen LogP contribution < -0.4 is 10.1 Å². The molecule has 3 aromatic rings. The van der Waals surface area contributed by atoms with Crippen LogP contribution in [0, 0.1) is 0 Å². The quantitative estimate of drug-likeness (QED) is 0.448. The van der Waals surface area contributed by atoms with Crippen LogP contribution in [0.2, 0.25) is 0 Å². The van der Waals surface area contributed by atoms with E-state index in [2.05, 4.69) is 47.8 Å². The lowest BCUT2D eigenvalue weighted by atomic mass is 9.99. The van der Waals surface area contributed by atoms with Crippen LogP contribution in [-0.4, -0.2) is 18.6 Å². The Kier molecular flexibility index (Phi) is 8.08. The number of amides is 1. The number of ether oxygens (including phenoxy) is 1. The Balaban J connectivity index is 1.49. The molecule has 3 rings (SSSR count). The number of carbonyl (C=O) groups excluding carboxylic acids is 1. The predicted molar refractivity (Wildman–Crippen MR) is 123 cm³/mol. The van der Waals surface area contributed by atoms with Crippen molar-refractivity contribution in [1.29, 1.82) is 0 Å². The highest BCUT2D eigenvalue weighted by molar-refractivity contribution is 5.95. The second-order valence-electron chi connectivity index (χ2n) is 7.82. The van der Waals surface area contributed by atoms with E-state index in [4.69, 9.17) is 4.74 Å². The highest BCUT2D eigenvalue weighted by atomic mass is 16.5. The van der Waals surface area contributed by atoms with Crippen molar-refractivity contribution in [3.8, 4) is 5.75 Å². The molecule has 0 spiro atoms. The third-order valence-corrected chi connectivity index (χ3v) is 4.99. The van der Waals surface area contributed by atoms with Gasteiger partial charge in [0.15, 0.2) is 0 Å². The van der Waals surface area contributed by atoms with Crippen LogP contribution in [0.15, 0.2) is 78.9 Å². The van der Waals surface area contributed by atoms with E-state index >= 15 is 0 Å². The van der Waals surface area contributed by atoms with Gasteiger partial charge < -0.3 is 10.1 Å². The van der Waals surface area contributed by atoms with Crippen molar-refractivity contribution < 1.29 is 9.53 Å². The molecular formula is C27H31NO2. The second-order valence-corrected chi connectivity index (χ2v) is 7.82. The molecule has 0 heterocycles. The lowest BCUT2D eigenvalue weighted by Crippen LogP contribution is -2.26. The number of hydrogen-bond donors (Lipinski definition) is 1. The Morgan fingerprint density at radius 3 is 2.37 bits per heavy atom. The zero-order chi connectivity index (χ0) is 21.2. The van der Waals surface area contributed by atoms with Crippen molar-refractivity contribution in [3.63, 3.8) is 0 Å². The van der Waals surface area contributed by atoms with E-state index in [-0.39, 0.29) is 12.0 Å². The van der Waals surface area contributed by atoms with Gasteiger partial charge in [0.05, 0.1) is 6.10 Å². The highest BCUT2D eigenvalue weighted by Gasteiger charge is 2.10. The molecule has 3 nitrogen and oxygen atoms in total. The van der Waals surface area contributed by atoms with Crippen molar-refractivity contribution in [3.05, 3.63) is 101 Å². The maximum Gasteiger partial charge on any atom is 0.251 e. The first-order valence-corrected chi connectivity index (χ1v) is 10.8. The average molecular weight is 402 g/mol. The van der Waals surface area contributed by atoms with Gasteiger partial charge in [-0.3, -0.25) is 4.79 Å². The molecule has 3 aromatic carbocycles. The summed E-state index contributed by atoms with van der Waals surface area (Å²) in [5.74, 6) is 0.912. The van der Waals surface area contributed by atoms with E-state index in [1.54, 1.807) is 0 Å². The molecule has 0 atom stereocenters. The van der Waals surface area contributed by atoms with E-state index in [1.807, 2.05) is 50.2 Å². The maximum absolute atomic E-state index is 12.7. The number of rotatable bonds is 10. The van der Waals surface area contributed by atoms with Crippen LogP contribution in [-0.2, 0) is 19.3 Å². The zero-order valence-electron chi connectivity index (χ0n) is 17.9. The van der Waals surface area contributed by atoms with E-state index < -0.39 is 0 Å².